The Balaban J connectivity index is 1.92. The Labute approximate surface area is 155 Å². The number of ether oxygens (including phenoxy) is 2. The van der Waals surface area contributed by atoms with Crippen LogP contribution in [0, 0.1) is 11.3 Å². The fraction of sp³-hybridized carbons (Fsp3) is 0.263. The van der Waals surface area contributed by atoms with Crippen LogP contribution in [0.1, 0.15) is 16.7 Å². The van der Waals surface area contributed by atoms with E-state index in [1.165, 1.54) is 24.1 Å². The number of carbonyl (C=O) groups is 1. The molecule has 0 spiro atoms. The first-order valence-electron chi connectivity index (χ1n) is 8.02. The highest BCUT2D eigenvalue weighted by Crippen LogP contribution is 2.29. The Bertz CT molecular complexity index is 820. The predicted molar refractivity (Wildman–Crippen MR) is 94.5 cm³/mol. The number of nitriles is 1. The van der Waals surface area contributed by atoms with Crippen molar-refractivity contribution in [1.82, 2.24) is 10.2 Å². The Morgan fingerprint density at radius 3 is 2.44 bits per heavy atom. The lowest BCUT2D eigenvalue weighted by molar-refractivity contribution is -0.0512. The monoisotopic (exact) mass is 375 g/mol. The van der Waals surface area contributed by atoms with Gasteiger partial charge in [-0.25, -0.2) is 4.79 Å². The van der Waals surface area contributed by atoms with Crippen LogP contribution in [0.15, 0.2) is 42.5 Å². The van der Waals surface area contributed by atoms with Crippen molar-refractivity contribution in [3.63, 3.8) is 0 Å². The van der Waals surface area contributed by atoms with Crippen molar-refractivity contribution < 1.29 is 23.0 Å². The number of rotatable bonds is 7. The van der Waals surface area contributed by atoms with E-state index in [1.807, 2.05) is 6.07 Å². The van der Waals surface area contributed by atoms with Gasteiger partial charge in [0, 0.05) is 20.1 Å². The van der Waals surface area contributed by atoms with E-state index in [0.29, 0.717) is 17.7 Å². The largest absolute Gasteiger partial charge is 0.493 e. The van der Waals surface area contributed by atoms with Gasteiger partial charge in [-0.3, -0.25) is 0 Å². The number of hydrogen-bond acceptors (Lipinski definition) is 4. The summed E-state index contributed by atoms with van der Waals surface area (Å²) in [5.74, 6) is 0.0912. The quantitative estimate of drug-likeness (QED) is 0.804. The van der Waals surface area contributed by atoms with Gasteiger partial charge in [0.1, 0.15) is 0 Å². The maximum Gasteiger partial charge on any atom is 0.387 e. The smallest absolute Gasteiger partial charge is 0.387 e. The molecule has 27 heavy (non-hydrogen) atoms. The average Bonchev–Trinajstić information content (AvgIpc) is 2.67. The normalized spacial score (nSPS) is 10.2. The number of nitrogens with one attached hydrogen (secondary N) is 1. The molecule has 2 amide bonds. The maximum absolute atomic E-state index is 12.3. The number of nitrogens with zero attached hydrogens (tertiary/aromatic N) is 2. The van der Waals surface area contributed by atoms with E-state index >= 15 is 0 Å². The summed E-state index contributed by atoms with van der Waals surface area (Å²) in [7, 11) is 3.00. The first-order chi connectivity index (χ1) is 12.9. The van der Waals surface area contributed by atoms with Gasteiger partial charge >= 0.3 is 12.6 Å². The number of amides is 2. The molecule has 0 unspecified atom stereocenters. The molecule has 2 rings (SSSR count). The minimum atomic E-state index is -2.94. The molecule has 0 aliphatic carbocycles. The second-order valence-electron chi connectivity index (χ2n) is 5.69. The third-order valence-electron chi connectivity index (χ3n) is 3.74. The fourth-order valence-corrected chi connectivity index (χ4v) is 2.36. The molecule has 2 aromatic rings. The van der Waals surface area contributed by atoms with Gasteiger partial charge in [-0.2, -0.15) is 14.0 Å². The zero-order valence-electron chi connectivity index (χ0n) is 14.9. The lowest BCUT2D eigenvalue weighted by Crippen LogP contribution is -2.36. The summed E-state index contributed by atoms with van der Waals surface area (Å²) in [6.45, 7) is -2.37. The van der Waals surface area contributed by atoms with Crippen LogP contribution in [0.3, 0.4) is 0 Å². The molecule has 142 valence electrons. The summed E-state index contributed by atoms with van der Waals surface area (Å²) in [5.41, 5.74) is 2.12. The minimum absolute atomic E-state index is 0.0690. The van der Waals surface area contributed by atoms with Crippen molar-refractivity contribution in [2.24, 2.45) is 0 Å². The third kappa shape index (κ3) is 5.85. The van der Waals surface area contributed by atoms with E-state index in [1.54, 1.807) is 37.4 Å². The standard InChI is InChI=1S/C19H19F2N3O3/c1-24(12-14-5-3-13(10-22)4-6-14)19(25)23-11-15-7-8-16(27-18(20)21)17(9-15)26-2/h3-9,18H,11-12H2,1-2H3,(H,23,25). The van der Waals surface area contributed by atoms with E-state index in [4.69, 9.17) is 10.00 Å². The second-order valence-corrected chi connectivity index (χ2v) is 5.69. The van der Waals surface area contributed by atoms with E-state index in [-0.39, 0.29) is 24.1 Å². The Morgan fingerprint density at radius 2 is 1.85 bits per heavy atom. The van der Waals surface area contributed by atoms with Crippen LogP contribution in [0.4, 0.5) is 13.6 Å². The molecule has 0 bridgehead atoms. The van der Waals surface area contributed by atoms with Crippen LogP contribution in [-0.4, -0.2) is 31.7 Å². The van der Waals surface area contributed by atoms with E-state index in [2.05, 4.69) is 10.1 Å². The summed E-state index contributed by atoms with van der Waals surface area (Å²) in [6.07, 6.45) is 0. The summed E-state index contributed by atoms with van der Waals surface area (Å²) in [5, 5.41) is 11.5. The van der Waals surface area contributed by atoms with Gasteiger partial charge in [-0.15, -0.1) is 0 Å². The lowest BCUT2D eigenvalue weighted by atomic mass is 10.1. The molecule has 6 nitrogen and oxygen atoms in total. The zero-order valence-corrected chi connectivity index (χ0v) is 14.9. The highest BCUT2D eigenvalue weighted by molar-refractivity contribution is 5.73. The summed E-state index contributed by atoms with van der Waals surface area (Å²) in [6, 6.07) is 13.2. The number of carbonyl (C=O) groups excluding carboxylic acids is 1. The Kier molecular flexibility index (Phi) is 6.94. The number of hydrogen-bond donors (Lipinski definition) is 1. The van der Waals surface area contributed by atoms with E-state index < -0.39 is 6.61 Å². The van der Waals surface area contributed by atoms with Crippen LogP contribution in [0.5, 0.6) is 11.5 Å². The average molecular weight is 375 g/mol. The van der Waals surface area contributed by atoms with Crippen molar-refractivity contribution in [2.75, 3.05) is 14.2 Å². The molecule has 0 atom stereocenters. The Hall–Kier alpha value is -3.34. The molecule has 0 saturated carbocycles. The molecule has 1 N–H and O–H groups in total. The first-order valence-corrected chi connectivity index (χ1v) is 8.02. The summed E-state index contributed by atoms with van der Waals surface area (Å²) in [4.78, 5) is 13.7. The topological polar surface area (TPSA) is 74.6 Å². The summed E-state index contributed by atoms with van der Waals surface area (Å²) < 4.78 is 34.1. The van der Waals surface area contributed by atoms with Crippen LogP contribution in [0.25, 0.3) is 0 Å². The predicted octanol–water partition coefficient (Wildman–Crippen LogP) is 3.51. The van der Waals surface area contributed by atoms with Crippen LogP contribution in [-0.2, 0) is 13.1 Å². The van der Waals surface area contributed by atoms with Gasteiger partial charge in [0.2, 0.25) is 0 Å². The van der Waals surface area contributed by atoms with E-state index in [0.717, 1.165) is 5.56 Å². The highest BCUT2D eigenvalue weighted by atomic mass is 19.3. The third-order valence-corrected chi connectivity index (χ3v) is 3.74. The van der Waals surface area contributed by atoms with Gasteiger partial charge in [0.15, 0.2) is 11.5 Å². The molecule has 8 heteroatoms. The molecule has 0 fully saturated rings. The molecule has 0 radical (unpaired) electrons. The number of methoxy groups -OCH3 is 1. The van der Waals surface area contributed by atoms with Crippen molar-refractivity contribution in [3.05, 3.63) is 59.2 Å². The van der Waals surface area contributed by atoms with Crippen LogP contribution < -0.4 is 14.8 Å². The van der Waals surface area contributed by atoms with Crippen molar-refractivity contribution >= 4 is 6.03 Å². The van der Waals surface area contributed by atoms with Crippen LogP contribution >= 0.6 is 0 Å². The van der Waals surface area contributed by atoms with Crippen molar-refractivity contribution in [2.45, 2.75) is 19.7 Å². The molecule has 0 saturated heterocycles. The zero-order chi connectivity index (χ0) is 19.8. The Morgan fingerprint density at radius 1 is 1.19 bits per heavy atom. The number of benzene rings is 2. The molecule has 2 aromatic carbocycles. The molecule has 0 aliphatic rings. The minimum Gasteiger partial charge on any atom is -0.493 e. The van der Waals surface area contributed by atoms with Crippen molar-refractivity contribution in [1.29, 1.82) is 5.26 Å². The van der Waals surface area contributed by atoms with E-state index in [9.17, 15) is 13.6 Å². The summed E-state index contributed by atoms with van der Waals surface area (Å²) >= 11 is 0. The first kappa shape index (κ1) is 20.0. The van der Waals surface area contributed by atoms with Gasteiger partial charge in [-0.1, -0.05) is 18.2 Å². The molecule has 0 aromatic heterocycles. The molecule has 0 heterocycles. The number of halogens is 2. The molecule has 0 aliphatic heterocycles. The second kappa shape index (κ2) is 9.38. The molecular weight excluding hydrogens is 356 g/mol. The van der Waals surface area contributed by atoms with Crippen molar-refractivity contribution in [3.8, 4) is 17.6 Å². The maximum atomic E-state index is 12.3. The SMILES string of the molecule is COc1cc(CNC(=O)N(C)Cc2ccc(C#N)cc2)ccc1OC(F)F. The number of alkyl halides is 2. The highest BCUT2D eigenvalue weighted by Gasteiger charge is 2.13. The van der Waals surface area contributed by atoms with Gasteiger partial charge < -0.3 is 19.7 Å². The fourth-order valence-electron chi connectivity index (χ4n) is 2.36. The molecular formula is C19H19F2N3O3. The van der Waals surface area contributed by atoms with Gasteiger partial charge in [-0.05, 0) is 35.4 Å². The van der Waals surface area contributed by atoms with Gasteiger partial charge in [0.25, 0.3) is 0 Å². The van der Waals surface area contributed by atoms with Gasteiger partial charge in [0.05, 0.1) is 18.7 Å². The van der Waals surface area contributed by atoms with Crippen LogP contribution in [0.2, 0.25) is 0 Å². The number of urea groups is 1. The lowest BCUT2D eigenvalue weighted by Gasteiger charge is -2.18.